The van der Waals surface area contributed by atoms with Crippen molar-refractivity contribution in [3.8, 4) is 0 Å². The maximum atomic E-state index is 3.89. The molecule has 1 nitrogen and oxygen atoms in total. The van der Waals surface area contributed by atoms with E-state index in [1.807, 2.05) is 0 Å². The molecular weight excluding hydrogens is 218 g/mol. The second-order valence-corrected chi connectivity index (χ2v) is 7.70. The monoisotopic (exact) mass is 249 g/mol. The SMILES string of the molecule is CCNC(C(C)CC)C12CC3CC(CC(C3)C1)C2. The minimum Gasteiger partial charge on any atom is -0.313 e. The van der Waals surface area contributed by atoms with Crippen molar-refractivity contribution in [2.24, 2.45) is 29.1 Å². The summed E-state index contributed by atoms with van der Waals surface area (Å²) in [6, 6.07) is 0.792. The molecule has 4 bridgehead atoms. The van der Waals surface area contributed by atoms with Crippen LogP contribution in [0.5, 0.6) is 0 Å². The maximum absolute atomic E-state index is 3.89. The fourth-order valence-electron chi connectivity index (χ4n) is 6.04. The highest BCUT2D eigenvalue weighted by molar-refractivity contribution is 5.07. The lowest BCUT2D eigenvalue weighted by atomic mass is 9.46. The molecular formula is C17H31N. The molecule has 0 aromatic carbocycles. The first kappa shape index (κ1) is 13.0. The van der Waals surface area contributed by atoms with Crippen LogP contribution in [0.25, 0.3) is 0 Å². The van der Waals surface area contributed by atoms with Gasteiger partial charge in [0.1, 0.15) is 0 Å². The van der Waals surface area contributed by atoms with E-state index in [1.165, 1.54) is 6.42 Å². The molecule has 4 aliphatic rings. The number of rotatable bonds is 5. The van der Waals surface area contributed by atoms with E-state index in [4.69, 9.17) is 0 Å². The van der Waals surface area contributed by atoms with Crippen molar-refractivity contribution in [2.75, 3.05) is 6.54 Å². The van der Waals surface area contributed by atoms with E-state index in [2.05, 4.69) is 26.1 Å². The Labute approximate surface area is 113 Å². The first-order valence-corrected chi connectivity index (χ1v) is 8.40. The Morgan fingerprint density at radius 3 is 1.89 bits per heavy atom. The first-order chi connectivity index (χ1) is 8.66. The Balaban J connectivity index is 1.83. The average molecular weight is 249 g/mol. The Hall–Kier alpha value is -0.0400. The fourth-order valence-corrected chi connectivity index (χ4v) is 6.04. The van der Waals surface area contributed by atoms with Gasteiger partial charge in [0.05, 0.1) is 0 Å². The highest BCUT2D eigenvalue weighted by atomic mass is 14.9. The van der Waals surface area contributed by atoms with E-state index < -0.39 is 0 Å². The van der Waals surface area contributed by atoms with Crippen molar-refractivity contribution < 1.29 is 0 Å². The molecule has 4 saturated carbocycles. The van der Waals surface area contributed by atoms with E-state index in [1.54, 1.807) is 38.5 Å². The molecule has 0 aliphatic heterocycles. The number of hydrogen-bond acceptors (Lipinski definition) is 1. The standard InChI is InChI=1S/C17H31N/c1-4-12(3)16(18-5-2)17-9-13-6-14(10-17)8-15(7-13)11-17/h12-16,18H,4-11H2,1-3H3. The molecule has 0 heterocycles. The summed E-state index contributed by atoms with van der Waals surface area (Å²) < 4.78 is 0. The Kier molecular flexibility index (Phi) is 3.47. The van der Waals surface area contributed by atoms with Gasteiger partial charge in [-0.3, -0.25) is 0 Å². The lowest BCUT2D eigenvalue weighted by Gasteiger charge is -2.60. The lowest BCUT2D eigenvalue weighted by Crippen LogP contribution is -2.58. The quantitative estimate of drug-likeness (QED) is 0.769. The average Bonchev–Trinajstić information content (AvgIpc) is 2.33. The molecule has 2 unspecified atom stereocenters. The van der Waals surface area contributed by atoms with Crippen molar-refractivity contribution in [1.82, 2.24) is 5.32 Å². The van der Waals surface area contributed by atoms with Gasteiger partial charge in [0.15, 0.2) is 0 Å². The van der Waals surface area contributed by atoms with Crippen LogP contribution in [0.1, 0.15) is 65.7 Å². The molecule has 104 valence electrons. The summed E-state index contributed by atoms with van der Waals surface area (Å²) in [7, 11) is 0. The fraction of sp³-hybridized carbons (Fsp3) is 1.00. The third kappa shape index (κ3) is 2.03. The highest BCUT2D eigenvalue weighted by Crippen LogP contribution is 2.62. The van der Waals surface area contributed by atoms with Gasteiger partial charge < -0.3 is 5.32 Å². The van der Waals surface area contributed by atoms with Gasteiger partial charge in [-0.25, -0.2) is 0 Å². The zero-order chi connectivity index (χ0) is 12.8. The van der Waals surface area contributed by atoms with Gasteiger partial charge in [0.25, 0.3) is 0 Å². The summed E-state index contributed by atoms with van der Waals surface area (Å²) in [6.45, 7) is 8.29. The molecule has 4 rings (SSSR count). The summed E-state index contributed by atoms with van der Waals surface area (Å²) in [5, 5.41) is 3.89. The summed E-state index contributed by atoms with van der Waals surface area (Å²) >= 11 is 0. The normalized spacial score (nSPS) is 45.2. The Morgan fingerprint density at radius 1 is 1.00 bits per heavy atom. The second kappa shape index (κ2) is 4.81. The zero-order valence-corrected chi connectivity index (χ0v) is 12.5. The van der Waals surface area contributed by atoms with Crippen LogP contribution in [0.4, 0.5) is 0 Å². The van der Waals surface area contributed by atoms with Crippen LogP contribution in [0, 0.1) is 29.1 Å². The van der Waals surface area contributed by atoms with Crippen molar-refractivity contribution in [3.63, 3.8) is 0 Å². The van der Waals surface area contributed by atoms with Crippen LogP contribution in [-0.4, -0.2) is 12.6 Å². The zero-order valence-electron chi connectivity index (χ0n) is 12.5. The Bertz CT molecular complexity index is 261. The minimum absolute atomic E-state index is 0.681. The third-order valence-corrected chi connectivity index (χ3v) is 6.38. The first-order valence-electron chi connectivity index (χ1n) is 8.40. The van der Waals surface area contributed by atoms with Crippen LogP contribution in [0.15, 0.2) is 0 Å². The molecule has 1 N–H and O–H groups in total. The molecule has 0 amide bonds. The maximum Gasteiger partial charge on any atom is 0.0149 e. The molecule has 18 heavy (non-hydrogen) atoms. The third-order valence-electron chi connectivity index (χ3n) is 6.38. The van der Waals surface area contributed by atoms with Crippen molar-refractivity contribution in [3.05, 3.63) is 0 Å². The van der Waals surface area contributed by atoms with Crippen molar-refractivity contribution >= 4 is 0 Å². The van der Waals surface area contributed by atoms with Gasteiger partial charge in [-0.15, -0.1) is 0 Å². The molecule has 4 fully saturated rings. The summed E-state index contributed by atoms with van der Waals surface area (Å²) in [6.07, 6.45) is 10.7. The van der Waals surface area contributed by atoms with E-state index in [0.717, 1.165) is 36.3 Å². The molecule has 0 aromatic heterocycles. The van der Waals surface area contributed by atoms with Crippen LogP contribution in [0.2, 0.25) is 0 Å². The summed E-state index contributed by atoms with van der Waals surface area (Å²) in [4.78, 5) is 0. The molecule has 0 saturated heterocycles. The van der Waals surface area contributed by atoms with Gasteiger partial charge in [-0.2, -0.15) is 0 Å². The van der Waals surface area contributed by atoms with Crippen LogP contribution < -0.4 is 5.32 Å². The van der Waals surface area contributed by atoms with Gasteiger partial charge in [0.2, 0.25) is 0 Å². The molecule has 0 radical (unpaired) electrons. The van der Waals surface area contributed by atoms with Gasteiger partial charge in [-0.05, 0) is 74.2 Å². The van der Waals surface area contributed by atoms with Crippen molar-refractivity contribution in [1.29, 1.82) is 0 Å². The van der Waals surface area contributed by atoms with Crippen LogP contribution in [-0.2, 0) is 0 Å². The topological polar surface area (TPSA) is 12.0 Å². The van der Waals surface area contributed by atoms with E-state index >= 15 is 0 Å². The number of hydrogen-bond donors (Lipinski definition) is 1. The lowest BCUT2D eigenvalue weighted by molar-refractivity contribution is -0.0835. The predicted octanol–water partition coefficient (Wildman–Crippen LogP) is 4.23. The molecule has 2 atom stereocenters. The van der Waals surface area contributed by atoms with Crippen LogP contribution >= 0.6 is 0 Å². The minimum atomic E-state index is 0.681. The molecule has 1 heteroatoms. The van der Waals surface area contributed by atoms with Crippen molar-refractivity contribution in [2.45, 2.75) is 71.8 Å². The van der Waals surface area contributed by atoms with E-state index in [9.17, 15) is 0 Å². The van der Waals surface area contributed by atoms with Gasteiger partial charge in [0, 0.05) is 6.04 Å². The van der Waals surface area contributed by atoms with E-state index in [0.29, 0.717) is 5.41 Å². The smallest absolute Gasteiger partial charge is 0.0149 e. The Morgan fingerprint density at radius 2 is 1.50 bits per heavy atom. The summed E-state index contributed by atoms with van der Waals surface area (Å²) in [5.41, 5.74) is 0.681. The molecule has 4 aliphatic carbocycles. The highest BCUT2D eigenvalue weighted by Gasteiger charge is 2.54. The van der Waals surface area contributed by atoms with E-state index in [-0.39, 0.29) is 0 Å². The number of nitrogens with one attached hydrogen (secondary N) is 1. The van der Waals surface area contributed by atoms with Gasteiger partial charge in [-0.1, -0.05) is 27.2 Å². The predicted molar refractivity (Wildman–Crippen MR) is 77.5 cm³/mol. The second-order valence-electron chi connectivity index (χ2n) is 7.70. The van der Waals surface area contributed by atoms with Crippen LogP contribution in [0.3, 0.4) is 0 Å². The molecule has 0 spiro atoms. The molecule has 0 aromatic rings. The summed E-state index contributed by atoms with van der Waals surface area (Å²) in [5.74, 6) is 4.10. The van der Waals surface area contributed by atoms with Gasteiger partial charge >= 0.3 is 0 Å². The largest absolute Gasteiger partial charge is 0.313 e.